The second kappa shape index (κ2) is 10.5. The average Bonchev–Trinajstić information content (AvgIpc) is 3.21. The molecule has 0 aliphatic carbocycles. The molecule has 0 bridgehead atoms. The number of thioether (sulfide) groups is 1. The average molecular weight is 483 g/mol. The summed E-state index contributed by atoms with van der Waals surface area (Å²) in [6.45, 7) is 0.434. The molecule has 9 heteroatoms. The normalized spacial score (nSPS) is 10.8. The zero-order valence-electron chi connectivity index (χ0n) is 17.7. The van der Waals surface area contributed by atoms with Crippen LogP contribution in [0.15, 0.2) is 78.0 Å². The van der Waals surface area contributed by atoms with Gasteiger partial charge in [0.05, 0.1) is 30.7 Å². The molecule has 0 spiro atoms. The van der Waals surface area contributed by atoms with E-state index in [1.165, 1.54) is 24.9 Å². The van der Waals surface area contributed by atoms with Crippen molar-refractivity contribution >= 4 is 35.0 Å². The van der Waals surface area contributed by atoms with Gasteiger partial charge in [-0.1, -0.05) is 65.8 Å². The largest absolute Gasteiger partial charge is 0.495 e. The van der Waals surface area contributed by atoms with Gasteiger partial charge >= 0.3 is 0 Å². The third-order valence-corrected chi connectivity index (χ3v) is 5.98. The highest BCUT2D eigenvalue weighted by Gasteiger charge is 2.19. The highest BCUT2D eigenvalue weighted by atomic mass is 35.5. The summed E-state index contributed by atoms with van der Waals surface area (Å²) in [5, 5.41) is 12.3. The predicted octanol–water partition coefficient (Wildman–Crippen LogP) is 5.53. The Balaban J connectivity index is 1.57. The molecule has 0 unspecified atom stereocenters. The summed E-state index contributed by atoms with van der Waals surface area (Å²) in [7, 11) is 1.52. The van der Waals surface area contributed by atoms with Crippen LogP contribution >= 0.6 is 23.4 Å². The molecule has 6 nitrogen and oxygen atoms in total. The number of amides is 1. The monoisotopic (exact) mass is 482 g/mol. The van der Waals surface area contributed by atoms with Crippen molar-refractivity contribution in [2.45, 2.75) is 11.7 Å². The molecule has 0 fully saturated rings. The number of nitrogens with zero attached hydrogens (tertiary/aromatic N) is 3. The number of halogens is 2. The SMILES string of the molecule is COc1ccc(Cl)cc1NC(=O)CSc1nnc(-c2ccccc2F)n1Cc1ccccc1. The van der Waals surface area contributed by atoms with Crippen LogP contribution in [0.1, 0.15) is 5.56 Å². The molecule has 1 aromatic heterocycles. The molecular weight excluding hydrogens is 463 g/mol. The van der Waals surface area contributed by atoms with E-state index in [2.05, 4.69) is 15.5 Å². The minimum atomic E-state index is -0.387. The first-order chi connectivity index (χ1) is 16.0. The standard InChI is InChI=1S/C24H20ClFN4O2S/c1-32-21-12-11-17(25)13-20(21)27-22(31)15-33-24-29-28-23(18-9-5-6-10-19(18)26)30(24)14-16-7-3-2-4-8-16/h2-13H,14-15H2,1H3,(H,27,31). The van der Waals surface area contributed by atoms with E-state index in [0.717, 1.165) is 5.56 Å². The summed E-state index contributed by atoms with van der Waals surface area (Å²) in [4.78, 5) is 12.6. The van der Waals surface area contributed by atoms with E-state index in [0.29, 0.717) is 39.5 Å². The molecule has 4 rings (SSSR count). The molecule has 1 amide bonds. The van der Waals surface area contributed by atoms with Crippen molar-refractivity contribution in [2.75, 3.05) is 18.2 Å². The molecule has 0 saturated heterocycles. The van der Waals surface area contributed by atoms with Crippen LogP contribution in [0.25, 0.3) is 11.4 Å². The number of methoxy groups -OCH3 is 1. The zero-order valence-corrected chi connectivity index (χ0v) is 19.2. The molecule has 1 heterocycles. The fourth-order valence-electron chi connectivity index (χ4n) is 3.24. The van der Waals surface area contributed by atoms with Crippen LogP contribution in [0.2, 0.25) is 5.02 Å². The molecule has 168 valence electrons. The summed E-state index contributed by atoms with van der Waals surface area (Å²) in [6, 6.07) is 21.1. The van der Waals surface area contributed by atoms with Gasteiger partial charge in [0.15, 0.2) is 11.0 Å². The Bertz CT molecular complexity index is 1270. The van der Waals surface area contributed by atoms with Gasteiger partial charge in [0.2, 0.25) is 5.91 Å². The fourth-order valence-corrected chi connectivity index (χ4v) is 4.15. The van der Waals surface area contributed by atoms with Crippen LogP contribution in [0, 0.1) is 5.82 Å². The van der Waals surface area contributed by atoms with Crippen molar-refractivity contribution in [3.63, 3.8) is 0 Å². The molecule has 3 aromatic carbocycles. The lowest BCUT2D eigenvalue weighted by Gasteiger charge is -2.12. The van der Waals surface area contributed by atoms with Gasteiger partial charge in [-0.25, -0.2) is 4.39 Å². The quantitative estimate of drug-likeness (QED) is 0.335. The lowest BCUT2D eigenvalue weighted by Crippen LogP contribution is -2.15. The number of ether oxygens (including phenoxy) is 1. The van der Waals surface area contributed by atoms with Crippen molar-refractivity contribution in [3.8, 4) is 17.1 Å². The smallest absolute Gasteiger partial charge is 0.234 e. The Kier molecular flexibility index (Phi) is 7.26. The maximum absolute atomic E-state index is 14.5. The van der Waals surface area contributed by atoms with Crippen LogP contribution in [0.3, 0.4) is 0 Å². The van der Waals surface area contributed by atoms with Gasteiger partial charge in [-0.05, 0) is 35.9 Å². The highest BCUT2D eigenvalue weighted by Crippen LogP contribution is 2.29. The molecule has 33 heavy (non-hydrogen) atoms. The second-order valence-electron chi connectivity index (χ2n) is 7.04. The minimum Gasteiger partial charge on any atom is -0.495 e. The van der Waals surface area contributed by atoms with Gasteiger partial charge < -0.3 is 10.1 Å². The molecule has 1 N–H and O–H groups in total. The van der Waals surface area contributed by atoms with Crippen LogP contribution < -0.4 is 10.1 Å². The lowest BCUT2D eigenvalue weighted by atomic mass is 10.2. The second-order valence-corrected chi connectivity index (χ2v) is 8.42. The Morgan fingerprint density at radius 2 is 1.85 bits per heavy atom. The van der Waals surface area contributed by atoms with Gasteiger partial charge in [-0.3, -0.25) is 9.36 Å². The van der Waals surface area contributed by atoms with E-state index >= 15 is 0 Å². The Hall–Kier alpha value is -3.36. The van der Waals surface area contributed by atoms with Crippen LogP contribution in [0.4, 0.5) is 10.1 Å². The molecular formula is C24H20ClFN4O2S. The number of carbonyl (C=O) groups excluding carboxylic acids is 1. The Morgan fingerprint density at radius 3 is 2.61 bits per heavy atom. The topological polar surface area (TPSA) is 69.0 Å². The van der Waals surface area contributed by atoms with E-state index in [1.807, 2.05) is 34.9 Å². The highest BCUT2D eigenvalue weighted by molar-refractivity contribution is 7.99. The summed E-state index contributed by atoms with van der Waals surface area (Å²) in [5.74, 6) is 0.326. The van der Waals surface area contributed by atoms with Gasteiger partial charge in [0.25, 0.3) is 0 Å². The third-order valence-electron chi connectivity index (χ3n) is 4.78. The van der Waals surface area contributed by atoms with E-state index < -0.39 is 0 Å². The summed E-state index contributed by atoms with van der Waals surface area (Å²) >= 11 is 7.25. The van der Waals surface area contributed by atoms with Crippen molar-refractivity contribution in [3.05, 3.63) is 89.2 Å². The molecule has 4 aromatic rings. The summed E-state index contributed by atoms with van der Waals surface area (Å²) < 4.78 is 21.6. The fraction of sp³-hybridized carbons (Fsp3) is 0.125. The predicted molar refractivity (Wildman–Crippen MR) is 128 cm³/mol. The van der Waals surface area contributed by atoms with Crippen LogP contribution in [0.5, 0.6) is 5.75 Å². The summed E-state index contributed by atoms with van der Waals surface area (Å²) in [6.07, 6.45) is 0. The number of anilines is 1. The van der Waals surface area contributed by atoms with E-state index in [9.17, 15) is 9.18 Å². The minimum absolute atomic E-state index is 0.0693. The maximum atomic E-state index is 14.5. The first-order valence-corrected chi connectivity index (χ1v) is 11.4. The third kappa shape index (κ3) is 5.53. The lowest BCUT2D eigenvalue weighted by molar-refractivity contribution is -0.113. The Morgan fingerprint density at radius 1 is 1.09 bits per heavy atom. The van der Waals surface area contributed by atoms with Gasteiger partial charge in [-0.15, -0.1) is 10.2 Å². The van der Waals surface area contributed by atoms with Crippen molar-refractivity contribution in [1.82, 2.24) is 14.8 Å². The number of aromatic nitrogens is 3. The molecule has 0 saturated carbocycles. The van der Waals surface area contributed by atoms with E-state index in [4.69, 9.17) is 16.3 Å². The number of carbonyl (C=O) groups is 1. The van der Waals surface area contributed by atoms with E-state index in [-0.39, 0.29) is 17.5 Å². The van der Waals surface area contributed by atoms with Gasteiger partial charge in [-0.2, -0.15) is 0 Å². The van der Waals surface area contributed by atoms with E-state index in [1.54, 1.807) is 36.4 Å². The number of hydrogen-bond acceptors (Lipinski definition) is 5. The van der Waals surface area contributed by atoms with Crippen LogP contribution in [-0.2, 0) is 11.3 Å². The zero-order chi connectivity index (χ0) is 23.2. The molecule has 0 aliphatic heterocycles. The first-order valence-electron chi connectivity index (χ1n) is 10.0. The number of hydrogen-bond donors (Lipinski definition) is 1. The number of nitrogens with one attached hydrogen (secondary N) is 1. The number of benzene rings is 3. The summed E-state index contributed by atoms with van der Waals surface area (Å²) in [5.41, 5.74) is 1.83. The van der Waals surface area contributed by atoms with Gasteiger partial charge in [0.1, 0.15) is 11.6 Å². The first kappa shape index (κ1) is 22.8. The maximum Gasteiger partial charge on any atom is 0.234 e. The molecule has 0 atom stereocenters. The van der Waals surface area contributed by atoms with Crippen molar-refractivity contribution in [2.24, 2.45) is 0 Å². The van der Waals surface area contributed by atoms with Crippen molar-refractivity contribution in [1.29, 1.82) is 0 Å². The van der Waals surface area contributed by atoms with Crippen LogP contribution in [-0.4, -0.2) is 33.5 Å². The van der Waals surface area contributed by atoms with Gasteiger partial charge in [0, 0.05) is 5.02 Å². The molecule has 0 aliphatic rings. The number of rotatable bonds is 8. The van der Waals surface area contributed by atoms with Crippen molar-refractivity contribution < 1.29 is 13.9 Å². The Labute approximate surface area is 199 Å². The molecule has 0 radical (unpaired) electrons.